The first-order chi connectivity index (χ1) is 26.3. The lowest BCUT2D eigenvalue weighted by molar-refractivity contribution is 0.670. The number of rotatable bonds is 4. The minimum atomic E-state index is 0.883. The van der Waals surface area contributed by atoms with Gasteiger partial charge in [-0.3, -0.25) is 0 Å². The van der Waals surface area contributed by atoms with Crippen molar-refractivity contribution in [1.29, 1.82) is 0 Å². The van der Waals surface area contributed by atoms with Crippen LogP contribution in [0, 0.1) is 0 Å². The normalized spacial score (nSPS) is 11.8. The molecule has 246 valence electrons. The molecule has 0 aliphatic rings. The van der Waals surface area contributed by atoms with Crippen molar-refractivity contribution in [3.05, 3.63) is 194 Å². The van der Waals surface area contributed by atoms with Crippen LogP contribution in [0.4, 0.5) is 0 Å². The Bertz CT molecular complexity index is 3150. The Balaban J connectivity index is 1.23. The monoisotopic (exact) mass is 672 g/mol. The summed E-state index contributed by atoms with van der Waals surface area (Å²) >= 11 is 0. The van der Waals surface area contributed by atoms with Crippen molar-refractivity contribution >= 4 is 65.0 Å². The summed E-state index contributed by atoms with van der Waals surface area (Å²) in [6.45, 7) is 0. The molecule has 1 nitrogen and oxygen atoms in total. The van der Waals surface area contributed by atoms with Gasteiger partial charge in [0.05, 0.1) is 0 Å². The molecule has 0 saturated carbocycles. The maximum atomic E-state index is 7.13. The van der Waals surface area contributed by atoms with Gasteiger partial charge in [0.25, 0.3) is 0 Å². The predicted octanol–water partition coefficient (Wildman–Crippen LogP) is 14.9. The first kappa shape index (κ1) is 29.7. The third-order valence-electron chi connectivity index (χ3n) is 11.0. The van der Waals surface area contributed by atoms with Crippen LogP contribution < -0.4 is 0 Å². The van der Waals surface area contributed by atoms with E-state index in [1.54, 1.807) is 0 Å². The lowest BCUT2D eigenvalue weighted by atomic mass is 9.85. The molecule has 0 unspecified atom stereocenters. The molecular formula is C52H32O. The van der Waals surface area contributed by atoms with Crippen LogP contribution in [-0.2, 0) is 0 Å². The SMILES string of the molecule is c1ccc(-c2c3ccccc3c(-c3ccccc3)c3c2oc2cc(-c4c5ccccc5c(-c5ccc6ccccc6c5)c5ccccc45)ccc23)cc1. The van der Waals surface area contributed by atoms with Gasteiger partial charge in [-0.05, 0) is 94.7 Å². The van der Waals surface area contributed by atoms with Crippen molar-refractivity contribution in [3.63, 3.8) is 0 Å². The molecule has 0 saturated heterocycles. The van der Waals surface area contributed by atoms with E-state index in [4.69, 9.17) is 4.42 Å². The van der Waals surface area contributed by atoms with Gasteiger partial charge in [0.2, 0.25) is 0 Å². The second-order valence-electron chi connectivity index (χ2n) is 13.9. The van der Waals surface area contributed by atoms with Crippen LogP contribution in [0.1, 0.15) is 0 Å². The van der Waals surface area contributed by atoms with Gasteiger partial charge >= 0.3 is 0 Å². The highest BCUT2D eigenvalue weighted by molar-refractivity contribution is 6.27. The topological polar surface area (TPSA) is 13.1 Å². The van der Waals surface area contributed by atoms with Crippen molar-refractivity contribution in [3.8, 4) is 44.5 Å². The van der Waals surface area contributed by atoms with Crippen LogP contribution in [0.3, 0.4) is 0 Å². The average Bonchev–Trinajstić information content (AvgIpc) is 3.60. The number of furan rings is 1. The number of benzene rings is 10. The van der Waals surface area contributed by atoms with E-state index in [9.17, 15) is 0 Å². The molecule has 11 aromatic rings. The fourth-order valence-electron chi connectivity index (χ4n) is 8.74. The number of hydrogen-bond acceptors (Lipinski definition) is 1. The second kappa shape index (κ2) is 11.8. The molecule has 0 aliphatic heterocycles. The molecule has 1 aromatic heterocycles. The molecule has 0 N–H and O–H groups in total. The molecule has 0 atom stereocenters. The van der Waals surface area contributed by atoms with Crippen LogP contribution in [0.2, 0.25) is 0 Å². The van der Waals surface area contributed by atoms with Gasteiger partial charge in [-0.25, -0.2) is 0 Å². The average molecular weight is 673 g/mol. The van der Waals surface area contributed by atoms with E-state index < -0.39 is 0 Å². The van der Waals surface area contributed by atoms with Gasteiger partial charge in [0, 0.05) is 21.9 Å². The molecule has 0 fully saturated rings. The first-order valence-corrected chi connectivity index (χ1v) is 18.3. The third kappa shape index (κ3) is 4.58. The second-order valence-corrected chi connectivity index (χ2v) is 13.9. The Morgan fingerprint density at radius 2 is 0.698 bits per heavy atom. The lowest BCUT2D eigenvalue weighted by Gasteiger charge is -2.18. The maximum Gasteiger partial charge on any atom is 0.144 e. The summed E-state index contributed by atoms with van der Waals surface area (Å²) in [5, 5.41) is 12.1. The molecule has 0 amide bonds. The quantitative estimate of drug-likeness (QED) is 0.170. The van der Waals surface area contributed by atoms with Gasteiger partial charge in [-0.1, -0.05) is 176 Å². The molecule has 0 aliphatic carbocycles. The largest absolute Gasteiger partial charge is 0.455 e. The summed E-state index contributed by atoms with van der Waals surface area (Å²) in [6, 6.07) is 70.3. The highest BCUT2D eigenvalue weighted by Crippen LogP contribution is 2.49. The van der Waals surface area contributed by atoms with Crippen LogP contribution >= 0.6 is 0 Å². The third-order valence-corrected chi connectivity index (χ3v) is 11.0. The van der Waals surface area contributed by atoms with Gasteiger partial charge in [0.1, 0.15) is 11.2 Å². The molecule has 1 heteroatoms. The van der Waals surface area contributed by atoms with E-state index in [2.05, 4.69) is 194 Å². The highest BCUT2D eigenvalue weighted by Gasteiger charge is 2.23. The first-order valence-electron chi connectivity index (χ1n) is 18.3. The van der Waals surface area contributed by atoms with Crippen LogP contribution in [-0.4, -0.2) is 0 Å². The summed E-state index contributed by atoms with van der Waals surface area (Å²) in [5.74, 6) is 0. The smallest absolute Gasteiger partial charge is 0.144 e. The maximum absolute atomic E-state index is 7.13. The van der Waals surface area contributed by atoms with E-state index in [0.29, 0.717) is 0 Å². The Hall–Kier alpha value is -6.96. The molecule has 53 heavy (non-hydrogen) atoms. The van der Waals surface area contributed by atoms with E-state index in [-0.39, 0.29) is 0 Å². The molecule has 1 heterocycles. The zero-order valence-corrected chi connectivity index (χ0v) is 28.9. The molecular weight excluding hydrogens is 641 g/mol. The van der Waals surface area contributed by atoms with E-state index in [1.165, 1.54) is 70.9 Å². The molecule has 0 bridgehead atoms. The van der Waals surface area contributed by atoms with E-state index in [1.807, 2.05) is 0 Å². The minimum Gasteiger partial charge on any atom is -0.455 e. The van der Waals surface area contributed by atoms with Gasteiger partial charge < -0.3 is 4.42 Å². The Labute approximate surface area is 307 Å². The Morgan fingerprint density at radius 1 is 0.264 bits per heavy atom. The fraction of sp³-hybridized carbons (Fsp3) is 0. The zero-order chi connectivity index (χ0) is 34.9. The highest BCUT2D eigenvalue weighted by atomic mass is 16.3. The number of fused-ring (bicyclic) bond motifs is 7. The summed E-state index contributed by atoms with van der Waals surface area (Å²) in [5.41, 5.74) is 11.3. The van der Waals surface area contributed by atoms with Crippen molar-refractivity contribution < 1.29 is 4.42 Å². The zero-order valence-electron chi connectivity index (χ0n) is 28.9. The van der Waals surface area contributed by atoms with Crippen molar-refractivity contribution in [2.24, 2.45) is 0 Å². The summed E-state index contributed by atoms with van der Waals surface area (Å²) in [4.78, 5) is 0. The van der Waals surface area contributed by atoms with Gasteiger partial charge in [0.15, 0.2) is 0 Å². The van der Waals surface area contributed by atoms with Crippen molar-refractivity contribution in [2.45, 2.75) is 0 Å². The lowest BCUT2D eigenvalue weighted by Crippen LogP contribution is -1.91. The molecule has 0 radical (unpaired) electrons. The fourth-order valence-corrected chi connectivity index (χ4v) is 8.74. The predicted molar refractivity (Wildman–Crippen MR) is 225 cm³/mol. The minimum absolute atomic E-state index is 0.883. The summed E-state index contributed by atoms with van der Waals surface area (Å²) in [6.07, 6.45) is 0. The van der Waals surface area contributed by atoms with Crippen molar-refractivity contribution in [2.75, 3.05) is 0 Å². The van der Waals surface area contributed by atoms with Crippen LogP contribution in [0.25, 0.3) is 110 Å². The van der Waals surface area contributed by atoms with Crippen LogP contribution in [0.5, 0.6) is 0 Å². The van der Waals surface area contributed by atoms with Crippen LogP contribution in [0.15, 0.2) is 199 Å². The molecule has 10 aromatic carbocycles. The Morgan fingerprint density at radius 3 is 1.28 bits per heavy atom. The number of hydrogen-bond donors (Lipinski definition) is 0. The summed E-state index contributed by atoms with van der Waals surface area (Å²) in [7, 11) is 0. The standard InChI is InChI=1S/C52H32O/c1-3-16-34(17-4-1)49-43-25-13-14-26-44(43)50(35-18-5-2-6-19-35)52-51(49)45-30-29-38(32-46(45)53-52)48-41-23-11-9-21-39(41)47(40-22-10-12-24-42(40)48)37-28-27-33-15-7-8-20-36(33)31-37/h1-32H. The van der Waals surface area contributed by atoms with E-state index in [0.717, 1.165) is 38.6 Å². The van der Waals surface area contributed by atoms with Crippen molar-refractivity contribution in [1.82, 2.24) is 0 Å². The molecule has 0 spiro atoms. The molecule has 11 rings (SSSR count). The van der Waals surface area contributed by atoms with Gasteiger partial charge in [-0.15, -0.1) is 0 Å². The summed E-state index contributed by atoms with van der Waals surface area (Å²) < 4.78 is 7.13. The van der Waals surface area contributed by atoms with E-state index >= 15 is 0 Å². The van der Waals surface area contributed by atoms with Gasteiger partial charge in [-0.2, -0.15) is 0 Å². The Kier molecular flexibility index (Phi) is 6.62.